The molecule has 1 N–H and O–H groups in total. The fourth-order valence-corrected chi connectivity index (χ4v) is 2.44. The predicted molar refractivity (Wildman–Crippen MR) is 73.6 cm³/mol. The summed E-state index contributed by atoms with van der Waals surface area (Å²) in [7, 11) is 2.01. The molecule has 0 radical (unpaired) electrons. The molecule has 1 aromatic carbocycles. The third-order valence-corrected chi connectivity index (χ3v) is 3.75. The number of ether oxygens (including phenoxy) is 2. The van der Waals surface area contributed by atoms with Gasteiger partial charge in [-0.2, -0.15) is 0 Å². The highest BCUT2D eigenvalue weighted by atomic mass is 16.6. The van der Waals surface area contributed by atoms with Gasteiger partial charge in [-0.3, -0.25) is 0 Å². The number of hydrogen-bond acceptors (Lipinski definition) is 3. The third-order valence-electron chi connectivity index (χ3n) is 3.75. The Morgan fingerprint density at radius 1 is 1.22 bits per heavy atom. The molecule has 3 nitrogen and oxygen atoms in total. The van der Waals surface area contributed by atoms with Gasteiger partial charge in [0.25, 0.3) is 0 Å². The van der Waals surface area contributed by atoms with E-state index in [1.54, 1.807) is 0 Å². The van der Waals surface area contributed by atoms with Crippen molar-refractivity contribution in [3.05, 3.63) is 23.8 Å². The second-order valence-electron chi connectivity index (χ2n) is 4.95. The van der Waals surface area contributed by atoms with Gasteiger partial charge in [0.1, 0.15) is 13.2 Å². The molecular formula is C15H23NO2. The van der Waals surface area contributed by atoms with Crippen molar-refractivity contribution < 1.29 is 9.47 Å². The van der Waals surface area contributed by atoms with Gasteiger partial charge in [-0.25, -0.2) is 0 Å². The van der Waals surface area contributed by atoms with E-state index < -0.39 is 0 Å². The molecule has 1 aliphatic rings. The Morgan fingerprint density at radius 2 is 1.94 bits per heavy atom. The van der Waals surface area contributed by atoms with Crippen LogP contribution in [0.15, 0.2) is 18.2 Å². The minimum absolute atomic E-state index is 0.524. The molecule has 1 aliphatic heterocycles. The molecule has 3 heteroatoms. The van der Waals surface area contributed by atoms with Crippen molar-refractivity contribution in [3.8, 4) is 11.5 Å². The zero-order valence-corrected chi connectivity index (χ0v) is 11.5. The summed E-state index contributed by atoms with van der Waals surface area (Å²) in [6, 6.07) is 6.35. The van der Waals surface area contributed by atoms with Gasteiger partial charge in [0.15, 0.2) is 11.5 Å². The molecule has 0 amide bonds. The lowest BCUT2D eigenvalue weighted by Gasteiger charge is -2.25. The fourth-order valence-electron chi connectivity index (χ4n) is 2.44. The van der Waals surface area contributed by atoms with Crippen LogP contribution in [0.4, 0.5) is 0 Å². The van der Waals surface area contributed by atoms with Gasteiger partial charge >= 0.3 is 0 Å². The molecular weight excluding hydrogens is 226 g/mol. The van der Waals surface area contributed by atoms with Crippen molar-refractivity contribution in [3.63, 3.8) is 0 Å². The topological polar surface area (TPSA) is 30.5 Å². The summed E-state index contributed by atoms with van der Waals surface area (Å²) in [6.07, 6.45) is 1.18. The lowest BCUT2D eigenvalue weighted by atomic mass is 9.85. The minimum atomic E-state index is 0.524. The SMILES string of the molecule is CCC(C)C(CNC)c1ccc2c(c1)OCCO2. The number of nitrogens with one attached hydrogen (secondary N) is 1. The molecule has 0 bridgehead atoms. The molecule has 0 spiro atoms. The Bertz CT molecular complexity index is 392. The summed E-state index contributed by atoms with van der Waals surface area (Å²) < 4.78 is 11.2. The van der Waals surface area contributed by atoms with E-state index in [2.05, 4.69) is 31.3 Å². The normalized spacial score (nSPS) is 17.3. The maximum atomic E-state index is 5.66. The summed E-state index contributed by atoms with van der Waals surface area (Å²) in [5.41, 5.74) is 1.34. The van der Waals surface area contributed by atoms with Crippen molar-refractivity contribution in [2.24, 2.45) is 5.92 Å². The zero-order valence-electron chi connectivity index (χ0n) is 11.5. The van der Waals surface area contributed by atoms with Crippen molar-refractivity contribution in [1.82, 2.24) is 5.32 Å². The van der Waals surface area contributed by atoms with Crippen LogP contribution >= 0.6 is 0 Å². The average molecular weight is 249 g/mol. The number of hydrogen-bond donors (Lipinski definition) is 1. The Balaban J connectivity index is 2.24. The highest BCUT2D eigenvalue weighted by molar-refractivity contribution is 5.45. The van der Waals surface area contributed by atoms with Gasteiger partial charge in [-0.1, -0.05) is 26.3 Å². The highest BCUT2D eigenvalue weighted by Gasteiger charge is 2.20. The van der Waals surface area contributed by atoms with Gasteiger partial charge in [0.2, 0.25) is 0 Å². The van der Waals surface area contributed by atoms with Gasteiger partial charge in [-0.15, -0.1) is 0 Å². The fraction of sp³-hybridized carbons (Fsp3) is 0.600. The smallest absolute Gasteiger partial charge is 0.161 e. The summed E-state index contributed by atoms with van der Waals surface area (Å²) in [5.74, 6) is 2.94. The first-order valence-corrected chi connectivity index (χ1v) is 6.80. The molecule has 1 aromatic rings. The molecule has 1 heterocycles. The van der Waals surface area contributed by atoms with E-state index in [4.69, 9.17) is 9.47 Å². The maximum Gasteiger partial charge on any atom is 0.161 e. The first kappa shape index (κ1) is 13.2. The van der Waals surface area contributed by atoms with Crippen LogP contribution in [0.25, 0.3) is 0 Å². The van der Waals surface area contributed by atoms with Crippen molar-refractivity contribution in [1.29, 1.82) is 0 Å². The molecule has 0 saturated heterocycles. The lowest BCUT2D eigenvalue weighted by molar-refractivity contribution is 0.171. The standard InChI is InChI=1S/C15H23NO2/c1-4-11(2)13(10-16-3)12-5-6-14-15(9-12)18-8-7-17-14/h5-6,9,11,13,16H,4,7-8,10H2,1-3H3. The van der Waals surface area contributed by atoms with Crippen LogP contribution < -0.4 is 14.8 Å². The molecule has 0 saturated carbocycles. The first-order valence-electron chi connectivity index (χ1n) is 6.80. The van der Waals surface area contributed by atoms with Crippen LogP contribution in [0.2, 0.25) is 0 Å². The van der Waals surface area contributed by atoms with Crippen molar-refractivity contribution in [2.45, 2.75) is 26.2 Å². The third kappa shape index (κ3) is 2.78. The zero-order chi connectivity index (χ0) is 13.0. The summed E-state index contributed by atoms with van der Waals surface area (Å²) in [6.45, 7) is 6.84. The van der Waals surface area contributed by atoms with Crippen molar-refractivity contribution >= 4 is 0 Å². The molecule has 18 heavy (non-hydrogen) atoms. The van der Waals surface area contributed by atoms with E-state index >= 15 is 0 Å². The molecule has 2 unspecified atom stereocenters. The lowest BCUT2D eigenvalue weighted by Crippen LogP contribution is -2.23. The Kier molecular flexibility index (Phi) is 4.48. The second-order valence-corrected chi connectivity index (χ2v) is 4.95. The van der Waals surface area contributed by atoms with Crippen LogP contribution in [0.3, 0.4) is 0 Å². The molecule has 2 atom stereocenters. The van der Waals surface area contributed by atoms with E-state index in [9.17, 15) is 0 Å². The van der Waals surface area contributed by atoms with E-state index in [1.807, 2.05) is 13.1 Å². The van der Waals surface area contributed by atoms with Crippen molar-refractivity contribution in [2.75, 3.05) is 26.8 Å². The highest BCUT2D eigenvalue weighted by Crippen LogP contribution is 2.35. The molecule has 0 aromatic heterocycles. The van der Waals surface area contributed by atoms with E-state index in [0.717, 1.165) is 18.0 Å². The summed E-state index contributed by atoms with van der Waals surface area (Å²) >= 11 is 0. The molecule has 2 rings (SSSR count). The van der Waals surface area contributed by atoms with Crippen LogP contribution in [-0.4, -0.2) is 26.8 Å². The quantitative estimate of drug-likeness (QED) is 0.870. The summed E-state index contributed by atoms with van der Waals surface area (Å²) in [5, 5.41) is 3.29. The number of likely N-dealkylation sites (N-methyl/N-ethyl adjacent to an activating group) is 1. The number of benzene rings is 1. The van der Waals surface area contributed by atoms with Crippen LogP contribution in [-0.2, 0) is 0 Å². The van der Waals surface area contributed by atoms with Gasteiger partial charge in [-0.05, 0) is 36.6 Å². The Labute approximate surface area is 109 Å². The average Bonchev–Trinajstić information content (AvgIpc) is 2.43. The number of rotatable bonds is 5. The largest absolute Gasteiger partial charge is 0.486 e. The van der Waals surface area contributed by atoms with E-state index in [-0.39, 0.29) is 0 Å². The van der Waals surface area contributed by atoms with E-state index in [0.29, 0.717) is 25.0 Å². The summed E-state index contributed by atoms with van der Waals surface area (Å²) in [4.78, 5) is 0. The van der Waals surface area contributed by atoms with Gasteiger partial charge < -0.3 is 14.8 Å². The second kappa shape index (κ2) is 6.10. The Hall–Kier alpha value is -1.22. The monoisotopic (exact) mass is 249 g/mol. The van der Waals surface area contributed by atoms with Gasteiger partial charge in [0, 0.05) is 6.54 Å². The number of fused-ring (bicyclic) bond motifs is 1. The van der Waals surface area contributed by atoms with Gasteiger partial charge in [0.05, 0.1) is 0 Å². The molecule has 100 valence electrons. The molecule has 0 fully saturated rings. The van der Waals surface area contributed by atoms with Crippen LogP contribution in [0, 0.1) is 5.92 Å². The van der Waals surface area contributed by atoms with Crippen LogP contribution in [0.1, 0.15) is 31.7 Å². The Morgan fingerprint density at radius 3 is 2.61 bits per heavy atom. The van der Waals surface area contributed by atoms with Crippen LogP contribution in [0.5, 0.6) is 11.5 Å². The van der Waals surface area contributed by atoms with E-state index in [1.165, 1.54) is 12.0 Å². The molecule has 0 aliphatic carbocycles. The predicted octanol–water partition coefficient (Wildman–Crippen LogP) is 2.81. The first-order chi connectivity index (χ1) is 8.76. The maximum absolute atomic E-state index is 5.66. The minimum Gasteiger partial charge on any atom is -0.486 e.